The van der Waals surface area contributed by atoms with E-state index in [1.54, 1.807) is 0 Å². The first-order valence-corrected chi connectivity index (χ1v) is 5.67. The Bertz CT molecular complexity index is 643. The number of carbonyl (C=O) groups is 1. The summed E-state index contributed by atoms with van der Waals surface area (Å²) in [5.41, 5.74) is 0.0726. The maximum Gasteiger partial charge on any atom is 0.326 e. The average Bonchev–Trinajstić information content (AvgIpc) is 2.84. The summed E-state index contributed by atoms with van der Waals surface area (Å²) < 4.78 is 4.46. The predicted octanol–water partition coefficient (Wildman–Crippen LogP) is 0.926. The summed E-state index contributed by atoms with van der Waals surface area (Å²) in [6, 6.07) is 1.60. The number of nitrogens with one attached hydrogen (secondary N) is 1. The van der Waals surface area contributed by atoms with Gasteiger partial charge in [-0.1, -0.05) is 0 Å². The van der Waals surface area contributed by atoms with Gasteiger partial charge in [0.2, 0.25) is 5.52 Å². The number of hydrogen-bond acceptors (Lipinski definition) is 8. The van der Waals surface area contributed by atoms with Crippen LogP contribution in [0.4, 0.5) is 11.4 Å². The minimum Gasteiger partial charge on any atom is -0.480 e. The van der Waals surface area contributed by atoms with Crippen molar-refractivity contribution in [2.45, 2.75) is 6.04 Å². The highest BCUT2D eigenvalue weighted by atomic mass is 32.1. The molecule has 2 aromatic rings. The fourth-order valence-corrected chi connectivity index (χ4v) is 1.74. The predicted molar refractivity (Wildman–Crippen MR) is 67.4 cm³/mol. The molecule has 0 saturated carbocycles. The minimum absolute atomic E-state index is 0.0408. The Morgan fingerprint density at radius 3 is 2.79 bits per heavy atom. The van der Waals surface area contributed by atoms with Gasteiger partial charge in [-0.25, -0.2) is 9.42 Å². The lowest BCUT2D eigenvalue weighted by Crippen LogP contribution is -2.30. The van der Waals surface area contributed by atoms with Gasteiger partial charge in [0.25, 0.3) is 0 Å². The molecule has 0 aliphatic rings. The van der Waals surface area contributed by atoms with Gasteiger partial charge < -0.3 is 10.4 Å². The van der Waals surface area contributed by atoms with Gasteiger partial charge in [-0.3, -0.25) is 10.1 Å². The quantitative estimate of drug-likeness (QED) is 0.419. The second-order valence-corrected chi connectivity index (χ2v) is 3.93. The van der Waals surface area contributed by atoms with Crippen molar-refractivity contribution >= 4 is 41.0 Å². The second-order valence-electron chi connectivity index (χ2n) is 3.57. The fourth-order valence-electron chi connectivity index (χ4n) is 1.49. The summed E-state index contributed by atoms with van der Waals surface area (Å²) in [7, 11) is 0. The van der Waals surface area contributed by atoms with Crippen molar-refractivity contribution in [3.8, 4) is 0 Å². The Morgan fingerprint density at radius 1 is 1.53 bits per heavy atom. The Labute approximate surface area is 111 Å². The van der Waals surface area contributed by atoms with Crippen molar-refractivity contribution < 1.29 is 19.5 Å². The molecule has 0 bridgehead atoms. The summed E-state index contributed by atoms with van der Waals surface area (Å²) in [5, 5.41) is 29.3. The van der Waals surface area contributed by atoms with Gasteiger partial charge in [-0.15, -0.1) is 0 Å². The monoisotopic (exact) mass is 284 g/mol. The number of nitro groups is 1. The summed E-state index contributed by atoms with van der Waals surface area (Å²) in [6.45, 7) is 0. The number of hydrogen-bond donors (Lipinski definition) is 3. The molecule has 0 saturated heterocycles. The molecule has 2 rings (SSSR count). The van der Waals surface area contributed by atoms with Crippen LogP contribution in [0.2, 0.25) is 0 Å². The molecule has 0 spiro atoms. The highest BCUT2D eigenvalue weighted by Gasteiger charge is 2.22. The van der Waals surface area contributed by atoms with Crippen molar-refractivity contribution in [1.82, 2.24) is 10.3 Å². The van der Waals surface area contributed by atoms with Gasteiger partial charge in [0, 0.05) is 11.8 Å². The van der Waals surface area contributed by atoms with E-state index >= 15 is 0 Å². The van der Waals surface area contributed by atoms with Crippen LogP contribution in [0, 0.1) is 10.1 Å². The Kier molecular flexibility index (Phi) is 3.51. The van der Waals surface area contributed by atoms with E-state index < -0.39 is 16.9 Å². The van der Waals surface area contributed by atoms with E-state index in [0.29, 0.717) is 0 Å². The van der Waals surface area contributed by atoms with Crippen LogP contribution in [0.5, 0.6) is 0 Å². The number of rotatable bonds is 5. The zero-order valence-corrected chi connectivity index (χ0v) is 10.2. The molecular weight excluding hydrogens is 276 g/mol. The van der Waals surface area contributed by atoms with E-state index in [-0.39, 0.29) is 28.2 Å². The topological polar surface area (TPSA) is 131 Å². The zero-order valence-electron chi connectivity index (χ0n) is 9.31. The van der Waals surface area contributed by atoms with Gasteiger partial charge in [-0.2, -0.15) is 12.6 Å². The molecule has 0 aliphatic carbocycles. The standard InChI is InChI=1S/C9H8N4O5S/c14-9(15)5(3-19)10-4-1-2-6(13(16)17)8-7(4)11-18-12-8/h1-2,5,10,19H,3H2,(H,14,15). The number of nitrogens with zero attached hydrogens (tertiary/aromatic N) is 3. The van der Waals surface area contributed by atoms with Gasteiger partial charge in [0.1, 0.15) is 6.04 Å². The van der Waals surface area contributed by atoms with E-state index in [1.165, 1.54) is 12.1 Å². The molecule has 100 valence electrons. The van der Waals surface area contributed by atoms with Crippen molar-refractivity contribution in [3.05, 3.63) is 22.2 Å². The normalized spacial score (nSPS) is 12.3. The summed E-state index contributed by atoms with van der Waals surface area (Å²) >= 11 is 3.91. The van der Waals surface area contributed by atoms with E-state index in [9.17, 15) is 14.9 Å². The highest BCUT2D eigenvalue weighted by Crippen LogP contribution is 2.29. The third-order valence-corrected chi connectivity index (χ3v) is 2.77. The van der Waals surface area contributed by atoms with Gasteiger partial charge in [0.15, 0.2) is 5.52 Å². The van der Waals surface area contributed by atoms with E-state index in [0.717, 1.165) is 0 Å². The molecule has 19 heavy (non-hydrogen) atoms. The number of fused-ring (bicyclic) bond motifs is 1. The van der Waals surface area contributed by atoms with Crippen LogP contribution in [0.15, 0.2) is 16.8 Å². The lowest BCUT2D eigenvalue weighted by molar-refractivity contribution is -0.383. The lowest BCUT2D eigenvalue weighted by atomic mass is 10.2. The fraction of sp³-hybridized carbons (Fsp3) is 0.222. The number of carboxylic acids is 1. The lowest BCUT2D eigenvalue weighted by Gasteiger charge is -2.12. The number of anilines is 1. The van der Waals surface area contributed by atoms with Crippen LogP contribution in [0.3, 0.4) is 0 Å². The second kappa shape index (κ2) is 5.10. The zero-order chi connectivity index (χ0) is 14.0. The average molecular weight is 284 g/mol. The molecule has 1 aromatic carbocycles. The SMILES string of the molecule is O=C(O)C(CS)Nc1ccc([N+](=O)[O-])c2nonc12. The van der Waals surface area contributed by atoms with Gasteiger partial charge in [0.05, 0.1) is 10.6 Å². The third-order valence-electron chi connectivity index (χ3n) is 2.40. The number of nitro benzene ring substituents is 1. The third kappa shape index (κ3) is 2.42. The van der Waals surface area contributed by atoms with Gasteiger partial charge >= 0.3 is 11.7 Å². The van der Waals surface area contributed by atoms with Crippen molar-refractivity contribution in [3.63, 3.8) is 0 Å². The molecule has 0 aliphatic heterocycles. The molecule has 1 aromatic heterocycles. The number of benzene rings is 1. The van der Waals surface area contributed by atoms with Crippen molar-refractivity contribution in [1.29, 1.82) is 0 Å². The molecular formula is C9H8N4O5S. The number of aromatic nitrogens is 2. The van der Waals surface area contributed by atoms with Crippen LogP contribution < -0.4 is 5.32 Å². The Balaban J connectivity index is 2.46. The summed E-state index contributed by atoms with van der Waals surface area (Å²) in [6.07, 6.45) is 0. The minimum atomic E-state index is -1.10. The van der Waals surface area contributed by atoms with E-state index in [4.69, 9.17) is 5.11 Å². The molecule has 0 fully saturated rings. The first kappa shape index (κ1) is 13.1. The van der Waals surface area contributed by atoms with Crippen molar-refractivity contribution in [2.24, 2.45) is 0 Å². The molecule has 0 amide bonds. The van der Waals surface area contributed by atoms with Crippen LogP contribution in [-0.4, -0.2) is 38.1 Å². The van der Waals surface area contributed by atoms with E-state index in [2.05, 4.69) is 32.9 Å². The number of thiol groups is 1. The molecule has 0 radical (unpaired) electrons. The number of aliphatic carboxylic acids is 1. The number of carboxylic acid groups (broad SMARTS) is 1. The Hall–Kier alpha value is -2.36. The molecule has 10 heteroatoms. The van der Waals surface area contributed by atoms with Crippen LogP contribution in [0.1, 0.15) is 0 Å². The highest BCUT2D eigenvalue weighted by molar-refractivity contribution is 7.80. The smallest absolute Gasteiger partial charge is 0.326 e. The summed E-state index contributed by atoms with van der Waals surface area (Å²) in [5.74, 6) is -1.06. The molecule has 1 atom stereocenters. The largest absolute Gasteiger partial charge is 0.480 e. The maximum atomic E-state index is 10.9. The Morgan fingerprint density at radius 2 is 2.21 bits per heavy atom. The molecule has 9 nitrogen and oxygen atoms in total. The van der Waals surface area contributed by atoms with Crippen LogP contribution in [-0.2, 0) is 4.79 Å². The van der Waals surface area contributed by atoms with Gasteiger partial charge in [-0.05, 0) is 16.4 Å². The first-order chi connectivity index (χ1) is 9.04. The number of non-ortho nitro benzene ring substituents is 1. The van der Waals surface area contributed by atoms with Crippen LogP contribution in [0.25, 0.3) is 11.0 Å². The van der Waals surface area contributed by atoms with E-state index in [1.807, 2.05) is 0 Å². The summed E-state index contributed by atoms with van der Waals surface area (Å²) in [4.78, 5) is 21.1. The molecule has 1 heterocycles. The molecule has 1 unspecified atom stereocenters. The van der Waals surface area contributed by atoms with Crippen LogP contribution >= 0.6 is 12.6 Å². The van der Waals surface area contributed by atoms with Crippen molar-refractivity contribution in [2.75, 3.05) is 11.1 Å². The molecule has 2 N–H and O–H groups in total. The maximum absolute atomic E-state index is 10.9. The first-order valence-electron chi connectivity index (χ1n) is 5.04.